The van der Waals surface area contributed by atoms with E-state index < -0.39 is 11.6 Å². The molecule has 0 aliphatic heterocycles. The lowest BCUT2D eigenvalue weighted by Gasteiger charge is -2.24. The fourth-order valence-electron chi connectivity index (χ4n) is 5.03. The second kappa shape index (κ2) is 16.1. The average molecular weight is 615 g/mol. The van der Waals surface area contributed by atoms with E-state index in [-0.39, 0.29) is 42.2 Å². The monoisotopic (exact) mass is 614 g/mol. The summed E-state index contributed by atoms with van der Waals surface area (Å²) in [6.07, 6.45) is 8.44. The number of unbranched alkanes of at least 4 members (excludes halogenated alkanes) is 1. The Kier molecular flexibility index (Phi) is 12.9. The number of halogens is 2. The number of rotatable bonds is 17. The fraction of sp³-hybridized carbons (Fsp3) is 0.545. The quantitative estimate of drug-likeness (QED) is 0.102. The van der Waals surface area contributed by atoms with E-state index in [2.05, 4.69) is 42.5 Å². The SMILES string of the molecule is C#CCCC[C@H](CCC)Oc1cc(O[C@@H](C)[C@@H](C)C[C@H](F)CNC)nc(-c2cc(C(C)(C)c3c(F)cccc3P)on2)n1. The third-order valence-corrected chi connectivity index (χ3v) is 8.09. The van der Waals surface area contributed by atoms with Crippen LogP contribution < -0.4 is 20.1 Å². The second-order valence-electron chi connectivity index (χ2n) is 11.6. The van der Waals surface area contributed by atoms with Gasteiger partial charge in [-0.05, 0) is 70.8 Å². The lowest BCUT2D eigenvalue weighted by Crippen LogP contribution is -2.28. The van der Waals surface area contributed by atoms with Crippen LogP contribution in [0.25, 0.3) is 11.5 Å². The third-order valence-electron chi connectivity index (χ3n) is 7.61. The summed E-state index contributed by atoms with van der Waals surface area (Å²) in [7, 11) is 4.31. The molecule has 3 aromatic rings. The van der Waals surface area contributed by atoms with Gasteiger partial charge in [-0.25, -0.2) is 8.78 Å². The molecule has 1 aromatic carbocycles. The smallest absolute Gasteiger partial charge is 0.221 e. The van der Waals surface area contributed by atoms with Crippen LogP contribution in [0.5, 0.6) is 11.8 Å². The minimum absolute atomic E-state index is 0.0796. The van der Waals surface area contributed by atoms with Crippen molar-refractivity contribution in [1.29, 1.82) is 0 Å². The molecule has 0 spiro atoms. The maximum atomic E-state index is 14.9. The Hall–Kier alpha value is -3.08. The van der Waals surface area contributed by atoms with Gasteiger partial charge in [0, 0.05) is 24.6 Å². The van der Waals surface area contributed by atoms with Crippen molar-refractivity contribution < 1.29 is 22.8 Å². The molecular weight excluding hydrogens is 569 g/mol. The predicted octanol–water partition coefficient (Wildman–Crippen LogP) is 6.80. The summed E-state index contributed by atoms with van der Waals surface area (Å²) >= 11 is 0. The summed E-state index contributed by atoms with van der Waals surface area (Å²) in [5.41, 5.74) is 0.0224. The van der Waals surface area contributed by atoms with Crippen LogP contribution in [0.2, 0.25) is 0 Å². The number of nitrogens with zero attached hydrogens (tertiary/aromatic N) is 3. The Morgan fingerprint density at radius 2 is 1.86 bits per heavy atom. The molecule has 0 saturated carbocycles. The van der Waals surface area contributed by atoms with Crippen LogP contribution in [0.1, 0.15) is 84.5 Å². The molecule has 2 aromatic heterocycles. The molecule has 5 atom stereocenters. The number of benzene rings is 1. The molecule has 0 aliphatic rings. The van der Waals surface area contributed by atoms with E-state index in [1.165, 1.54) is 6.07 Å². The van der Waals surface area contributed by atoms with Gasteiger partial charge in [-0.2, -0.15) is 9.97 Å². The molecule has 0 radical (unpaired) electrons. The van der Waals surface area contributed by atoms with Gasteiger partial charge in [-0.15, -0.1) is 21.6 Å². The zero-order valence-corrected chi connectivity index (χ0v) is 27.3. The highest BCUT2D eigenvalue weighted by Gasteiger charge is 2.33. The van der Waals surface area contributed by atoms with Crippen LogP contribution in [-0.4, -0.2) is 47.1 Å². The lowest BCUT2D eigenvalue weighted by molar-refractivity contribution is 0.124. The molecule has 234 valence electrons. The van der Waals surface area contributed by atoms with E-state index in [1.807, 2.05) is 33.8 Å². The molecule has 10 heteroatoms. The molecule has 1 unspecified atom stereocenters. The summed E-state index contributed by atoms with van der Waals surface area (Å²) < 4.78 is 47.5. The Balaban J connectivity index is 1.96. The number of hydrogen-bond acceptors (Lipinski definition) is 7. The number of aromatic nitrogens is 3. The summed E-state index contributed by atoms with van der Waals surface area (Å²) in [6, 6.07) is 8.30. The van der Waals surface area contributed by atoms with E-state index in [1.54, 1.807) is 25.2 Å². The van der Waals surface area contributed by atoms with Gasteiger partial charge in [0.25, 0.3) is 0 Å². The Bertz CT molecular complexity index is 1340. The average Bonchev–Trinajstić information content (AvgIpc) is 3.45. The Morgan fingerprint density at radius 3 is 2.51 bits per heavy atom. The summed E-state index contributed by atoms with van der Waals surface area (Å²) in [4.78, 5) is 9.29. The van der Waals surface area contributed by atoms with Gasteiger partial charge in [0.1, 0.15) is 30.0 Å². The summed E-state index contributed by atoms with van der Waals surface area (Å²) in [5.74, 6) is 3.58. The van der Waals surface area contributed by atoms with E-state index in [0.717, 1.165) is 31.0 Å². The Labute approximate surface area is 257 Å². The summed E-state index contributed by atoms with van der Waals surface area (Å²) in [6.45, 7) is 9.97. The Morgan fingerprint density at radius 1 is 1.14 bits per heavy atom. The van der Waals surface area contributed by atoms with Crippen molar-refractivity contribution in [2.75, 3.05) is 13.6 Å². The van der Waals surface area contributed by atoms with Gasteiger partial charge < -0.3 is 19.3 Å². The molecule has 0 fully saturated rings. The van der Waals surface area contributed by atoms with Gasteiger partial charge >= 0.3 is 0 Å². The highest BCUT2D eigenvalue weighted by molar-refractivity contribution is 7.27. The van der Waals surface area contributed by atoms with Gasteiger partial charge in [0.05, 0.1) is 11.5 Å². The van der Waals surface area contributed by atoms with Crippen molar-refractivity contribution >= 4 is 14.5 Å². The van der Waals surface area contributed by atoms with Gasteiger partial charge in [0.15, 0.2) is 11.5 Å². The zero-order valence-electron chi connectivity index (χ0n) is 26.1. The number of alkyl halides is 1. The largest absolute Gasteiger partial charge is 0.474 e. The fourth-order valence-corrected chi connectivity index (χ4v) is 5.64. The summed E-state index contributed by atoms with van der Waals surface area (Å²) in [5, 5.41) is 7.85. The van der Waals surface area contributed by atoms with Crippen molar-refractivity contribution in [2.24, 2.45) is 5.92 Å². The highest BCUT2D eigenvalue weighted by atomic mass is 31.0. The maximum Gasteiger partial charge on any atom is 0.221 e. The van der Waals surface area contributed by atoms with E-state index >= 15 is 0 Å². The van der Waals surface area contributed by atoms with Crippen LogP contribution >= 0.6 is 9.24 Å². The number of ether oxygens (including phenoxy) is 2. The predicted molar refractivity (Wildman–Crippen MR) is 170 cm³/mol. The van der Waals surface area contributed by atoms with Crippen molar-refractivity contribution in [2.45, 2.75) is 96.9 Å². The second-order valence-corrected chi connectivity index (χ2v) is 12.2. The van der Waals surface area contributed by atoms with E-state index in [0.29, 0.717) is 35.7 Å². The van der Waals surface area contributed by atoms with Gasteiger partial charge in [-0.3, -0.25) is 0 Å². The molecule has 0 saturated heterocycles. The topological polar surface area (TPSA) is 82.3 Å². The molecule has 43 heavy (non-hydrogen) atoms. The molecule has 0 bridgehead atoms. The lowest BCUT2D eigenvalue weighted by atomic mass is 9.81. The molecule has 0 amide bonds. The van der Waals surface area contributed by atoms with E-state index in [4.69, 9.17) is 20.4 Å². The van der Waals surface area contributed by atoms with Crippen LogP contribution in [0, 0.1) is 24.1 Å². The molecule has 3 rings (SSSR count). The first kappa shape index (κ1) is 34.4. The minimum atomic E-state index is -0.989. The first-order valence-electron chi connectivity index (χ1n) is 15.0. The van der Waals surface area contributed by atoms with Crippen molar-refractivity contribution in [1.82, 2.24) is 20.4 Å². The van der Waals surface area contributed by atoms with Gasteiger partial charge in [0.2, 0.25) is 11.8 Å². The van der Waals surface area contributed by atoms with E-state index in [9.17, 15) is 8.78 Å². The van der Waals surface area contributed by atoms with Crippen molar-refractivity contribution in [3.63, 3.8) is 0 Å². The standard InChI is InChI=1S/C33H45F2N4O3P/c1-8-10-11-14-24(13-9-2)41-30-19-29(40-22(4)21(3)17-23(34)20-36-7)37-32(38-30)26-18-28(42-39-26)33(5,6)31-25(35)15-12-16-27(31)43/h1,12,15-16,18-19,21-24,36H,9-11,13-14,17,20,43H2,2-7H3/t21-,22-,23-,24-/m0/s1. The maximum absolute atomic E-state index is 14.9. The zero-order chi connectivity index (χ0) is 31.6. The molecule has 1 N–H and O–H groups in total. The minimum Gasteiger partial charge on any atom is -0.474 e. The van der Waals surface area contributed by atoms with Gasteiger partial charge in [-0.1, -0.05) is 37.6 Å². The molecular formula is C33H45F2N4O3P. The van der Waals surface area contributed by atoms with Crippen LogP contribution in [-0.2, 0) is 5.41 Å². The van der Waals surface area contributed by atoms with Crippen LogP contribution in [0.15, 0.2) is 34.9 Å². The van der Waals surface area contributed by atoms with Crippen LogP contribution in [0.4, 0.5) is 8.78 Å². The normalized spacial score (nSPS) is 14.5. The number of terminal acetylenes is 1. The van der Waals surface area contributed by atoms with Crippen molar-refractivity contribution in [3.8, 4) is 35.6 Å². The molecule has 0 aliphatic carbocycles. The highest BCUT2D eigenvalue weighted by Crippen LogP contribution is 2.35. The first-order valence-corrected chi connectivity index (χ1v) is 15.5. The van der Waals surface area contributed by atoms with Crippen molar-refractivity contribution in [3.05, 3.63) is 47.5 Å². The molecule has 2 heterocycles. The molecule has 7 nitrogen and oxygen atoms in total. The van der Waals surface area contributed by atoms with Crippen LogP contribution in [0.3, 0.4) is 0 Å². The number of hydrogen-bond donors (Lipinski definition) is 1. The number of nitrogens with one attached hydrogen (secondary N) is 1. The first-order chi connectivity index (χ1) is 20.5. The third kappa shape index (κ3) is 9.45.